The first-order valence-corrected chi connectivity index (χ1v) is 6.53. The molecule has 2 aromatic rings. The molecule has 0 saturated heterocycles. The average Bonchev–Trinajstić information content (AvgIpc) is 2.44. The van der Waals surface area contributed by atoms with Crippen LogP contribution in [0, 0.1) is 0 Å². The van der Waals surface area contributed by atoms with E-state index in [-0.39, 0.29) is 5.88 Å². The Morgan fingerprint density at radius 3 is 2.68 bits per heavy atom. The van der Waals surface area contributed by atoms with Crippen LogP contribution >= 0.6 is 0 Å². The molecule has 19 heavy (non-hydrogen) atoms. The van der Waals surface area contributed by atoms with Gasteiger partial charge in [-0.15, -0.1) is 0 Å². The molecule has 0 spiro atoms. The van der Waals surface area contributed by atoms with Gasteiger partial charge in [0.05, 0.1) is 12.2 Å². The van der Waals surface area contributed by atoms with Gasteiger partial charge in [0, 0.05) is 11.8 Å². The Bertz CT molecular complexity index is 556. The van der Waals surface area contributed by atoms with Crippen molar-refractivity contribution in [3.05, 3.63) is 36.0 Å². The van der Waals surface area contributed by atoms with Crippen LogP contribution in [0.4, 0.5) is 0 Å². The van der Waals surface area contributed by atoms with Crippen LogP contribution < -0.4 is 4.74 Å². The summed E-state index contributed by atoms with van der Waals surface area (Å²) >= 11 is 0. The zero-order valence-electron chi connectivity index (χ0n) is 11.3. The van der Waals surface area contributed by atoms with E-state index in [9.17, 15) is 5.11 Å². The maximum Gasteiger partial charge on any atom is 0.214 e. The highest BCUT2D eigenvalue weighted by Gasteiger charge is 2.10. The number of ether oxygens (including phenoxy) is 1. The maximum atomic E-state index is 9.66. The molecular formula is C15H18N2O2. The Kier molecular flexibility index (Phi) is 4.34. The number of aryl methyl sites for hydroxylation is 1. The quantitative estimate of drug-likeness (QED) is 0.894. The highest BCUT2D eigenvalue weighted by atomic mass is 16.5. The molecule has 1 aromatic heterocycles. The number of para-hydroxylation sites is 1. The lowest BCUT2D eigenvalue weighted by atomic mass is 10.2. The minimum atomic E-state index is -0.00727. The summed E-state index contributed by atoms with van der Waals surface area (Å²) in [6.07, 6.45) is 1.69. The number of benzene rings is 1. The highest BCUT2D eigenvalue weighted by Crippen LogP contribution is 2.28. The lowest BCUT2D eigenvalue weighted by molar-refractivity contribution is 0.318. The number of hydrogen-bond acceptors (Lipinski definition) is 4. The first-order valence-electron chi connectivity index (χ1n) is 6.53. The van der Waals surface area contributed by atoms with Gasteiger partial charge in [0.1, 0.15) is 5.75 Å². The first-order chi connectivity index (χ1) is 9.24. The normalized spacial score (nSPS) is 10.4. The number of rotatable bonds is 5. The predicted octanol–water partition coefficient (Wildman–Crippen LogP) is 3.20. The van der Waals surface area contributed by atoms with Crippen LogP contribution in [0.15, 0.2) is 30.3 Å². The SMILES string of the molecule is CCCOc1ccccc1-c1nc(O)cc(CC)n1. The molecule has 0 amide bonds. The monoisotopic (exact) mass is 258 g/mol. The molecule has 0 atom stereocenters. The van der Waals surface area contributed by atoms with Crippen molar-refractivity contribution < 1.29 is 9.84 Å². The second-order valence-corrected chi connectivity index (χ2v) is 4.24. The van der Waals surface area contributed by atoms with Crippen molar-refractivity contribution in [3.63, 3.8) is 0 Å². The minimum absolute atomic E-state index is 0.00727. The zero-order valence-corrected chi connectivity index (χ0v) is 11.3. The Hall–Kier alpha value is -2.10. The largest absolute Gasteiger partial charge is 0.493 e. The fourth-order valence-electron chi connectivity index (χ4n) is 1.77. The molecular weight excluding hydrogens is 240 g/mol. The fourth-order valence-corrected chi connectivity index (χ4v) is 1.77. The molecule has 0 radical (unpaired) electrons. The van der Waals surface area contributed by atoms with E-state index in [0.717, 1.165) is 29.8 Å². The van der Waals surface area contributed by atoms with E-state index in [1.165, 1.54) is 0 Å². The topological polar surface area (TPSA) is 55.2 Å². The Morgan fingerprint density at radius 2 is 1.95 bits per heavy atom. The van der Waals surface area contributed by atoms with E-state index in [4.69, 9.17) is 4.74 Å². The van der Waals surface area contributed by atoms with Crippen LogP contribution in [0.5, 0.6) is 11.6 Å². The molecule has 1 N–H and O–H groups in total. The molecule has 0 fully saturated rings. The van der Waals surface area contributed by atoms with Gasteiger partial charge in [-0.1, -0.05) is 26.0 Å². The van der Waals surface area contributed by atoms with E-state index in [1.807, 2.05) is 31.2 Å². The van der Waals surface area contributed by atoms with Gasteiger partial charge in [0.25, 0.3) is 0 Å². The summed E-state index contributed by atoms with van der Waals surface area (Å²) in [6, 6.07) is 9.20. The van der Waals surface area contributed by atoms with Crippen LogP contribution in [0.3, 0.4) is 0 Å². The van der Waals surface area contributed by atoms with Crippen molar-refractivity contribution in [2.45, 2.75) is 26.7 Å². The standard InChI is InChI=1S/C15H18N2O2/c1-3-9-19-13-8-6-5-7-12(13)15-16-11(4-2)10-14(18)17-15/h5-8,10H,3-4,9H2,1-2H3,(H,16,17,18). The van der Waals surface area contributed by atoms with E-state index < -0.39 is 0 Å². The third-order valence-corrected chi connectivity index (χ3v) is 2.72. The summed E-state index contributed by atoms with van der Waals surface area (Å²) in [5.41, 5.74) is 1.62. The summed E-state index contributed by atoms with van der Waals surface area (Å²) in [6.45, 7) is 4.70. The summed E-state index contributed by atoms with van der Waals surface area (Å²) in [5, 5.41) is 9.66. The van der Waals surface area contributed by atoms with Crippen LogP contribution in [-0.4, -0.2) is 21.7 Å². The van der Waals surface area contributed by atoms with Gasteiger partial charge < -0.3 is 9.84 Å². The molecule has 1 aromatic carbocycles. The van der Waals surface area contributed by atoms with Gasteiger partial charge in [0.2, 0.25) is 5.88 Å². The molecule has 0 aliphatic heterocycles. The molecule has 0 aliphatic carbocycles. The molecule has 1 heterocycles. The van der Waals surface area contributed by atoms with Gasteiger partial charge in [-0.3, -0.25) is 0 Å². The molecule has 0 aliphatic rings. The Balaban J connectivity index is 2.43. The first kappa shape index (κ1) is 13.3. The lowest BCUT2D eigenvalue weighted by Crippen LogP contribution is -2.00. The van der Waals surface area contributed by atoms with Gasteiger partial charge in [-0.2, -0.15) is 4.98 Å². The molecule has 0 unspecified atom stereocenters. The van der Waals surface area contributed by atoms with Gasteiger partial charge in [-0.25, -0.2) is 4.98 Å². The smallest absolute Gasteiger partial charge is 0.214 e. The summed E-state index contributed by atoms with van der Waals surface area (Å²) in [4.78, 5) is 8.53. The maximum absolute atomic E-state index is 9.66. The van der Waals surface area contributed by atoms with Crippen molar-refractivity contribution in [2.24, 2.45) is 0 Å². The van der Waals surface area contributed by atoms with Crippen molar-refractivity contribution >= 4 is 0 Å². The fraction of sp³-hybridized carbons (Fsp3) is 0.333. The number of nitrogens with zero attached hydrogens (tertiary/aromatic N) is 2. The number of aromatic nitrogens is 2. The minimum Gasteiger partial charge on any atom is -0.493 e. The van der Waals surface area contributed by atoms with E-state index >= 15 is 0 Å². The van der Waals surface area contributed by atoms with Crippen molar-refractivity contribution in [1.82, 2.24) is 9.97 Å². The van der Waals surface area contributed by atoms with Crippen LogP contribution in [0.25, 0.3) is 11.4 Å². The van der Waals surface area contributed by atoms with E-state index in [1.54, 1.807) is 6.07 Å². The Labute approximate surface area is 113 Å². The molecule has 0 saturated carbocycles. The molecule has 4 nitrogen and oxygen atoms in total. The predicted molar refractivity (Wildman–Crippen MR) is 74.3 cm³/mol. The average molecular weight is 258 g/mol. The number of aromatic hydroxyl groups is 1. The zero-order chi connectivity index (χ0) is 13.7. The highest BCUT2D eigenvalue weighted by molar-refractivity contribution is 5.64. The van der Waals surface area contributed by atoms with Crippen LogP contribution in [0.2, 0.25) is 0 Å². The Morgan fingerprint density at radius 1 is 1.16 bits per heavy atom. The summed E-state index contributed by atoms with van der Waals surface area (Å²) in [7, 11) is 0. The molecule has 0 bridgehead atoms. The van der Waals surface area contributed by atoms with Gasteiger partial charge in [-0.05, 0) is 25.0 Å². The van der Waals surface area contributed by atoms with Gasteiger partial charge >= 0.3 is 0 Å². The van der Waals surface area contributed by atoms with Gasteiger partial charge in [0.15, 0.2) is 5.82 Å². The van der Waals surface area contributed by atoms with Crippen molar-refractivity contribution in [2.75, 3.05) is 6.61 Å². The third-order valence-electron chi connectivity index (χ3n) is 2.72. The molecule has 100 valence electrons. The van der Waals surface area contributed by atoms with Crippen molar-refractivity contribution in [3.8, 4) is 23.0 Å². The molecule has 4 heteroatoms. The van der Waals surface area contributed by atoms with E-state index in [0.29, 0.717) is 12.4 Å². The summed E-state index contributed by atoms with van der Waals surface area (Å²) in [5.74, 6) is 1.24. The molecule has 2 rings (SSSR count). The third kappa shape index (κ3) is 3.22. The summed E-state index contributed by atoms with van der Waals surface area (Å²) < 4.78 is 5.69. The second kappa shape index (κ2) is 6.18. The van der Waals surface area contributed by atoms with Crippen LogP contribution in [-0.2, 0) is 6.42 Å². The number of hydrogen-bond donors (Lipinski definition) is 1. The van der Waals surface area contributed by atoms with E-state index in [2.05, 4.69) is 16.9 Å². The lowest BCUT2D eigenvalue weighted by Gasteiger charge is -2.10. The van der Waals surface area contributed by atoms with Crippen LogP contribution in [0.1, 0.15) is 26.0 Å². The van der Waals surface area contributed by atoms with Crippen molar-refractivity contribution in [1.29, 1.82) is 0 Å². The second-order valence-electron chi connectivity index (χ2n) is 4.24.